The molecule has 0 bridgehead atoms. The van der Waals surface area contributed by atoms with Crippen LogP contribution in [0.25, 0.3) is 0 Å². The van der Waals surface area contributed by atoms with Crippen molar-refractivity contribution in [3.63, 3.8) is 0 Å². The van der Waals surface area contributed by atoms with Gasteiger partial charge in [0.2, 0.25) is 0 Å². The fourth-order valence-corrected chi connectivity index (χ4v) is 6.83. The zero-order chi connectivity index (χ0) is 44.7. The van der Waals surface area contributed by atoms with E-state index in [1.807, 2.05) is 0 Å². The van der Waals surface area contributed by atoms with E-state index >= 15 is 0 Å². The predicted molar refractivity (Wildman–Crippen MR) is 243 cm³/mol. The fraction of sp³-hybridized carbons (Fsp3) is 0.688. The van der Waals surface area contributed by atoms with E-state index in [-0.39, 0.29) is 19.6 Å². The van der Waals surface area contributed by atoms with Crippen molar-refractivity contribution in [2.75, 3.05) is 26.4 Å². The minimum atomic E-state index is -5.07. The van der Waals surface area contributed by atoms with Crippen molar-refractivity contribution in [2.45, 2.75) is 185 Å². The van der Waals surface area contributed by atoms with Gasteiger partial charge in [-0.3, -0.25) is 9.35 Å². The number of aliphatic hydroxyl groups is 3. The zero-order valence-electron chi connectivity index (χ0n) is 37.2. The lowest BCUT2D eigenvalue weighted by molar-refractivity contribution is -0.301. The first-order valence-electron chi connectivity index (χ1n) is 22.8. The highest BCUT2D eigenvalue weighted by Gasteiger charge is 2.48. The molecule has 6 unspecified atom stereocenters. The monoisotopic (exact) mass is 881 g/mol. The van der Waals surface area contributed by atoms with Crippen LogP contribution in [-0.2, 0) is 38.3 Å². The lowest BCUT2D eigenvalue weighted by atomic mass is 9.99. The van der Waals surface area contributed by atoms with Crippen molar-refractivity contribution in [1.82, 2.24) is 0 Å². The summed E-state index contributed by atoms with van der Waals surface area (Å²) in [4.78, 5) is 12.8. The van der Waals surface area contributed by atoms with Gasteiger partial charge < -0.3 is 34.3 Å². The SMILES string of the molecule is CC/C=C\C/C=C\C/C=C\C/C=C\C/C=C\C/C=C\CCCCCCC(=O)OC(COCCCCCCCC/C=C\CCC)COC1OC(CO)C(O)C(OS(=O)(=O)O)C1O. The Bertz CT molecular complexity index is 1390. The number of rotatable bonds is 38. The number of esters is 1. The minimum absolute atomic E-state index is 0.0155. The molecule has 1 aliphatic rings. The Morgan fingerprint density at radius 1 is 0.639 bits per heavy atom. The Morgan fingerprint density at radius 3 is 1.67 bits per heavy atom. The summed E-state index contributed by atoms with van der Waals surface area (Å²) in [7, 11) is -5.07. The lowest BCUT2D eigenvalue weighted by Gasteiger charge is -2.41. The van der Waals surface area contributed by atoms with Crippen LogP contribution in [0.15, 0.2) is 85.1 Å². The quantitative estimate of drug-likeness (QED) is 0.0200. The molecule has 1 heterocycles. The van der Waals surface area contributed by atoms with Crippen molar-refractivity contribution >= 4 is 16.4 Å². The van der Waals surface area contributed by atoms with E-state index in [4.69, 9.17) is 23.5 Å². The molecule has 0 saturated carbocycles. The van der Waals surface area contributed by atoms with Crippen LogP contribution in [0.1, 0.15) is 149 Å². The van der Waals surface area contributed by atoms with Crippen LogP contribution in [0.2, 0.25) is 0 Å². The maximum atomic E-state index is 12.8. The Morgan fingerprint density at radius 2 is 1.13 bits per heavy atom. The Hall–Kier alpha value is -2.72. The molecule has 0 aromatic carbocycles. The molecule has 0 radical (unpaired) electrons. The van der Waals surface area contributed by atoms with E-state index < -0.39 is 59.8 Å². The van der Waals surface area contributed by atoms with Gasteiger partial charge >= 0.3 is 16.4 Å². The molecular weight excluding hydrogens is 801 g/mol. The largest absolute Gasteiger partial charge is 0.457 e. The number of hydrogen-bond donors (Lipinski definition) is 4. The summed E-state index contributed by atoms with van der Waals surface area (Å²) in [5.74, 6) is -0.431. The van der Waals surface area contributed by atoms with Gasteiger partial charge in [0.05, 0.1) is 19.8 Å². The molecule has 1 saturated heterocycles. The minimum Gasteiger partial charge on any atom is -0.457 e. The average molecular weight is 881 g/mol. The second kappa shape index (κ2) is 38.9. The van der Waals surface area contributed by atoms with Gasteiger partial charge in [-0.25, -0.2) is 4.18 Å². The number of carbonyl (C=O) groups excluding carboxylic acids is 1. The van der Waals surface area contributed by atoms with Gasteiger partial charge in [-0.05, 0) is 83.5 Å². The summed E-state index contributed by atoms with van der Waals surface area (Å²) in [5.41, 5.74) is 0. The van der Waals surface area contributed by atoms with E-state index in [9.17, 15) is 28.5 Å². The fourth-order valence-electron chi connectivity index (χ4n) is 6.32. The number of carbonyl (C=O) groups is 1. The normalized spacial score (nSPS) is 20.9. The number of aliphatic hydroxyl groups excluding tert-OH is 3. The molecule has 0 amide bonds. The first kappa shape index (κ1) is 56.3. The van der Waals surface area contributed by atoms with E-state index in [1.54, 1.807) is 0 Å². The smallest absolute Gasteiger partial charge is 0.397 e. The number of ether oxygens (including phenoxy) is 4. The van der Waals surface area contributed by atoms with Crippen LogP contribution in [0.5, 0.6) is 0 Å². The third-order valence-electron chi connectivity index (χ3n) is 9.73. The number of allylic oxidation sites excluding steroid dienone is 14. The van der Waals surface area contributed by atoms with Gasteiger partial charge in [0.25, 0.3) is 0 Å². The Labute approximate surface area is 368 Å². The molecule has 1 fully saturated rings. The highest BCUT2D eigenvalue weighted by Crippen LogP contribution is 2.26. The summed E-state index contributed by atoms with van der Waals surface area (Å²) in [6.07, 6.45) is 41.9. The summed E-state index contributed by atoms with van der Waals surface area (Å²) in [6, 6.07) is 0. The summed E-state index contributed by atoms with van der Waals surface area (Å²) in [5, 5.41) is 30.6. The van der Waals surface area contributed by atoms with E-state index in [1.165, 1.54) is 19.3 Å². The number of hydrogen-bond acceptors (Lipinski definition) is 11. The molecule has 13 heteroatoms. The lowest BCUT2D eigenvalue weighted by Crippen LogP contribution is -2.60. The highest BCUT2D eigenvalue weighted by atomic mass is 32.3. The summed E-state index contributed by atoms with van der Waals surface area (Å²) < 4.78 is 59.0. The maximum absolute atomic E-state index is 12.8. The van der Waals surface area contributed by atoms with Gasteiger partial charge in [-0.1, -0.05) is 144 Å². The second-order valence-corrected chi connectivity index (χ2v) is 16.3. The molecule has 1 aliphatic heterocycles. The molecule has 12 nitrogen and oxygen atoms in total. The first-order valence-corrected chi connectivity index (χ1v) is 24.2. The van der Waals surface area contributed by atoms with Crippen LogP contribution in [0.4, 0.5) is 0 Å². The molecular formula is C48H80O12S. The van der Waals surface area contributed by atoms with Gasteiger partial charge in [0.1, 0.15) is 30.5 Å². The Kier molecular flexibility index (Phi) is 35.9. The third kappa shape index (κ3) is 32.6. The third-order valence-corrected chi connectivity index (χ3v) is 10.2. The van der Waals surface area contributed by atoms with E-state index in [0.29, 0.717) is 13.0 Å². The van der Waals surface area contributed by atoms with Crippen molar-refractivity contribution in [1.29, 1.82) is 0 Å². The molecule has 350 valence electrons. The molecule has 6 atom stereocenters. The second-order valence-electron chi connectivity index (χ2n) is 15.3. The van der Waals surface area contributed by atoms with Crippen molar-refractivity contribution in [3.05, 3.63) is 85.1 Å². The first-order chi connectivity index (χ1) is 29.6. The highest BCUT2D eigenvalue weighted by molar-refractivity contribution is 7.80. The van der Waals surface area contributed by atoms with Gasteiger partial charge in [0, 0.05) is 13.0 Å². The average Bonchev–Trinajstić information content (AvgIpc) is 3.23. The summed E-state index contributed by atoms with van der Waals surface area (Å²) >= 11 is 0. The Balaban J connectivity index is 2.42. The van der Waals surface area contributed by atoms with Gasteiger partial charge in [-0.15, -0.1) is 0 Å². The molecule has 4 N–H and O–H groups in total. The molecule has 1 rings (SSSR count). The van der Waals surface area contributed by atoms with Crippen LogP contribution in [0, 0.1) is 0 Å². The molecule has 0 aliphatic carbocycles. The molecule has 0 spiro atoms. The molecule has 0 aromatic rings. The van der Waals surface area contributed by atoms with E-state index in [2.05, 4.69) is 103 Å². The predicted octanol–water partition coefficient (Wildman–Crippen LogP) is 9.68. The molecule has 0 aromatic heterocycles. The van der Waals surface area contributed by atoms with E-state index in [0.717, 1.165) is 103 Å². The standard InChI is InChI=1S/C48H80O12S/c1-3-5-7-9-11-13-15-16-17-18-19-20-21-22-23-24-25-26-27-29-31-33-35-37-44(50)58-42(40-56-38-36-34-32-30-28-14-12-10-8-6-4-2)41-57-48-46(52)47(60-61(53,54)55)45(51)43(39-49)59-48/h5,7-8,10-11,13,16-17,19-20,22-23,25-26,42-43,45-49,51-52H,3-4,6,9,12,14-15,18,21,24,27-41H2,1-2H3,(H,53,54,55)/b7-5-,10-8-,13-11-,17-16-,20-19-,23-22-,26-25-. The van der Waals surface area contributed by atoms with Crippen LogP contribution < -0.4 is 0 Å². The van der Waals surface area contributed by atoms with Crippen LogP contribution in [-0.4, -0.2) is 97.5 Å². The maximum Gasteiger partial charge on any atom is 0.397 e. The van der Waals surface area contributed by atoms with Crippen LogP contribution >= 0.6 is 0 Å². The topological polar surface area (TPSA) is 178 Å². The zero-order valence-corrected chi connectivity index (χ0v) is 38.0. The van der Waals surface area contributed by atoms with Crippen molar-refractivity contribution in [3.8, 4) is 0 Å². The summed E-state index contributed by atoms with van der Waals surface area (Å²) in [6.45, 7) is 3.74. The number of unbranched alkanes of at least 4 members (excludes halogenated alkanes) is 11. The molecule has 61 heavy (non-hydrogen) atoms. The van der Waals surface area contributed by atoms with Crippen molar-refractivity contribution < 1.29 is 56.2 Å². The van der Waals surface area contributed by atoms with Gasteiger partial charge in [-0.2, -0.15) is 8.42 Å². The van der Waals surface area contributed by atoms with Gasteiger partial charge in [0.15, 0.2) is 6.29 Å². The van der Waals surface area contributed by atoms with Crippen molar-refractivity contribution in [2.24, 2.45) is 0 Å². The van der Waals surface area contributed by atoms with Crippen LogP contribution in [0.3, 0.4) is 0 Å².